The number of amides is 1. The molecule has 1 aliphatic rings. The molecule has 0 saturated carbocycles. The SMILES string of the molecule is CC(=O)N1CCNc2c(C)nsc21. The third-order valence-corrected chi connectivity index (χ3v) is 3.07. The van der Waals surface area contributed by atoms with E-state index < -0.39 is 0 Å². The number of carbonyl (C=O) groups excluding carboxylic acids is 1. The highest BCUT2D eigenvalue weighted by Gasteiger charge is 2.23. The van der Waals surface area contributed by atoms with Crippen LogP contribution in [0.25, 0.3) is 0 Å². The minimum Gasteiger partial charge on any atom is -0.379 e. The lowest BCUT2D eigenvalue weighted by molar-refractivity contribution is -0.116. The van der Waals surface area contributed by atoms with Crippen LogP contribution in [0.2, 0.25) is 0 Å². The summed E-state index contributed by atoms with van der Waals surface area (Å²) in [5, 5.41) is 4.20. The van der Waals surface area contributed by atoms with Crippen molar-refractivity contribution in [1.29, 1.82) is 0 Å². The Kier molecular flexibility index (Phi) is 1.95. The van der Waals surface area contributed by atoms with Crippen molar-refractivity contribution in [3.8, 4) is 0 Å². The predicted molar refractivity (Wildman–Crippen MR) is 53.4 cm³/mol. The predicted octanol–water partition coefficient (Wildman–Crippen LogP) is 1.23. The molecule has 4 nitrogen and oxygen atoms in total. The minimum atomic E-state index is 0.0893. The van der Waals surface area contributed by atoms with Crippen molar-refractivity contribution in [2.75, 3.05) is 23.3 Å². The number of fused-ring (bicyclic) bond motifs is 1. The van der Waals surface area contributed by atoms with E-state index in [2.05, 4.69) is 9.69 Å². The van der Waals surface area contributed by atoms with Gasteiger partial charge >= 0.3 is 0 Å². The molecule has 2 rings (SSSR count). The van der Waals surface area contributed by atoms with Gasteiger partial charge in [0, 0.05) is 20.0 Å². The lowest BCUT2D eigenvalue weighted by Gasteiger charge is -2.25. The Hall–Kier alpha value is -1.10. The highest BCUT2D eigenvalue weighted by Crippen LogP contribution is 2.35. The van der Waals surface area contributed by atoms with Gasteiger partial charge in [0.05, 0.1) is 11.4 Å². The van der Waals surface area contributed by atoms with Crippen LogP contribution in [-0.2, 0) is 4.79 Å². The zero-order valence-corrected chi connectivity index (χ0v) is 8.44. The molecule has 1 aliphatic heterocycles. The van der Waals surface area contributed by atoms with Crippen molar-refractivity contribution >= 4 is 28.1 Å². The van der Waals surface area contributed by atoms with Gasteiger partial charge in [0.15, 0.2) is 0 Å². The lowest BCUT2D eigenvalue weighted by Crippen LogP contribution is -2.36. The van der Waals surface area contributed by atoms with E-state index in [9.17, 15) is 4.79 Å². The number of aryl methyl sites for hydroxylation is 1. The van der Waals surface area contributed by atoms with E-state index in [1.807, 2.05) is 6.92 Å². The summed E-state index contributed by atoms with van der Waals surface area (Å²) in [5.74, 6) is 0.0893. The summed E-state index contributed by atoms with van der Waals surface area (Å²) in [7, 11) is 0. The average molecular weight is 197 g/mol. The van der Waals surface area contributed by atoms with E-state index in [0.29, 0.717) is 0 Å². The number of anilines is 2. The first-order valence-electron chi connectivity index (χ1n) is 4.18. The van der Waals surface area contributed by atoms with Gasteiger partial charge in [0.25, 0.3) is 0 Å². The number of hydrogen-bond acceptors (Lipinski definition) is 4. The maximum atomic E-state index is 11.2. The number of carbonyl (C=O) groups is 1. The molecule has 0 aromatic carbocycles. The van der Waals surface area contributed by atoms with Gasteiger partial charge in [-0.25, -0.2) is 0 Å². The van der Waals surface area contributed by atoms with Gasteiger partial charge in [-0.15, -0.1) is 0 Å². The van der Waals surface area contributed by atoms with Crippen molar-refractivity contribution in [3.05, 3.63) is 5.69 Å². The molecular weight excluding hydrogens is 186 g/mol. The molecule has 1 amide bonds. The van der Waals surface area contributed by atoms with Crippen molar-refractivity contribution in [2.24, 2.45) is 0 Å². The zero-order chi connectivity index (χ0) is 9.42. The summed E-state index contributed by atoms with van der Waals surface area (Å²) < 4.78 is 4.22. The Morgan fingerprint density at radius 1 is 1.69 bits per heavy atom. The van der Waals surface area contributed by atoms with Crippen molar-refractivity contribution < 1.29 is 4.79 Å². The van der Waals surface area contributed by atoms with Crippen LogP contribution in [0.4, 0.5) is 10.7 Å². The molecule has 1 aromatic rings. The topological polar surface area (TPSA) is 45.2 Å². The fraction of sp³-hybridized carbons (Fsp3) is 0.500. The molecule has 13 heavy (non-hydrogen) atoms. The summed E-state index contributed by atoms with van der Waals surface area (Å²) >= 11 is 1.38. The maximum absolute atomic E-state index is 11.2. The number of hydrogen-bond donors (Lipinski definition) is 1. The Bertz CT molecular complexity index is 347. The molecule has 70 valence electrons. The Morgan fingerprint density at radius 2 is 2.46 bits per heavy atom. The van der Waals surface area contributed by atoms with Gasteiger partial charge in [-0.1, -0.05) is 0 Å². The van der Waals surface area contributed by atoms with Gasteiger partial charge in [-0.3, -0.25) is 9.69 Å². The maximum Gasteiger partial charge on any atom is 0.224 e. The molecule has 0 fully saturated rings. The lowest BCUT2D eigenvalue weighted by atomic mass is 10.3. The van der Waals surface area contributed by atoms with E-state index in [-0.39, 0.29) is 5.91 Å². The van der Waals surface area contributed by atoms with Crippen molar-refractivity contribution in [2.45, 2.75) is 13.8 Å². The second-order valence-electron chi connectivity index (χ2n) is 3.05. The molecular formula is C8H11N3OS. The smallest absolute Gasteiger partial charge is 0.224 e. The van der Waals surface area contributed by atoms with E-state index in [1.54, 1.807) is 11.8 Å². The molecule has 0 unspecified atom stereocenters. The van der Waals surface area contributed by atoms with E-state index >= 15 is 0 Å². The molecule has 2 heterocycles. The number of nitrogens with zero attached hydrogens (tertiary/aromatic N) is 2. The van der Waals surface area contributed by atoms with Crippen LogP contribution in [-0.4, -0.2) is 23.4 Å². The quantitative estimate of drug-likeness (QED) is 0.680. The van der Waals surface area contributed by atoms with E-state index in [0.717, 1.165) is 29.5 Å². The van der Waals surface area contributed by atoms with Crippen LogP contribution >= 0.6 is 11.5 Å². The highest BCUT2D eigenvalue weighted by atomic mass is 32.1. The van der Waals surface area contributed by atoms with Crippen LogP contribution in [0.1, 0.15) is 12.6 Å². The Balaban J connectivity index is 2.43. The first-order valence-corrected chi connectivity index (χ1v) is 4.95. The summed E-state index contributed by atoms with van der Waals surface area (Å²) in [4.78, 5) is 13.0. The van der Waals surface area contributed by atoms with Crippen LogP contribution in [0.5, 0.6) is 0 Å². The highest BCUT2D eigenvalue weighted by molar-refractivity contribution is 7.11. The fourth-order valence-corrected chi connectivity index (χ4v) is 2.38. The zero-order valence-electron chi connectivity index (χ0n) is 7.63. The Labute approximate surface area is 80.7 Å². The third kappa shape index (κ3) is 1.29. The summed E-state index contributed by atoms with van der Waals surface area (Å²) in [6, 6.07) is 0. The molecule has 5 heteroatoms. The van der Waals surface area contributed by atoms with Gasteiger partial charge < -0.3 is 5.32 Å². The minimum absolute atomic E-state index is 0.0893. The standard InChI is InChI=1S/C8H11N3OS/c1-5-7-8(13-10-5)11(6(2)12)4-3-9-7/h9H,3-4H2,1-2H3. The molecule has 0 radical (unpaired) electrons. The first kappa shape index (κ1) is 8.50. The number of aromatic nitrogens is 1. The molecule has 0 saturated heterocycles. The van der Waals surface area contributed by atoms with Crippen LogP contribution in [0.15, 0.2) is 0 Å². The largest absolute Gasteiger partial charge is 0.379 e. The second kappa shape index (κ2) is 2.99. The molecule has 1 N–H and O–H groups in total. The third-order valence-electron chi connectivity index (χ3n) is 2.11. The van der Waals surface area contributed by atoms with Gasteiger partial charge in [-0.2, -0.15) is 4.37 Å². The molecule has 0 bridgehead atoms. The second-order valence-corrected chi connectivity index (χ2v) is 3.80. The van der Waals surface area contributed by atoms with Gasteiger partial charge in [-0.05, 0) is 18.5 Å². The molecule has 1 aromatic heterocycles. The summed E-state index contributed by atoms with van der Waals surface area (Å²) in [6.45, 7) is 5.09. The fourth-order valence-electron chi connectivity index (χ4n) is 1.44. The van der Waals surface area contributed by atoms with Gasteiger partial charge in [0.1, 0.15) is 5.00 Å². The van der Waals surface area contributed by atoms with Crippen molar-refractivity contribution in [3.63, 3.8) is 0 Å². The average Bonchev–Trinajstić information content (AvgIpc) is 2.48. The van der Waals surface area contributed by atoms with Crippen LogP contribution in [0, 0.1) is 6.92 Å². The van der Waals surface area contributed by atoms with Crippen LogP contribution < -0.4 is 10.2 Å². The summed E-state index contributed by atoms with van der Waals surface area (Å²) in [5.41, 5.74) is 2.00. The van der Waals surface area contributed by atoms with Crippen LogP contribution in [0.3, 0.4) is 0 Å². The van der Waals surface area contributed by atoms with Crippen molar-refractivity contribution in [1.82, 2.24) is 4.37 Å². The summed E-state index contributed by atoms with van der Waals surface area (Å²) in [6.07, 6.45) is 0. The number of rotatable bonds is 0. The monoisotopic (exact) mass is 197 g/mol. The normalized spacial score (nSPS) is 15.1. The number of nitrogens with one attached hydrogen (secondary N) is 1. The molecule has 0 atom stereocenters. The van der Waals surface area contributed by atoms with E-state index in [4.69, 9.17) is 0 Å². The van der Waals surface area contributed by atoms with E-state index in [1.165, 1.54) is 11.5 Å². The molecule has 0 spiro atoms. The molecule has 0 aliphatic carbocycles. The van der Waals surface area contributed by atoms with Gasteiger partial charge in [0.2, 0.25) is 5.91 Å². The first-order chi connectivity index (χ1) is 6.20. The Morgan fingerprint density at radius 3 is 3.15 bits per heavy atom.